The molecule has 1 aromatic carbocycles. The van der Waals surface area contributed by atoms with Crippen LogP contribution in [0.4, 0.5) is 0 Å². The molecule has 2 heterocycles. The van der Waals surface area contributed by atoms with E-state index in [4.69, 9.17) is 13.9 Å². The van der Waals surface area contributed by atoms with Gasteiger partial charge in [0.1, 0.15) is 19.0 Å². The summed E-state index contributed by atoms with van der Waals surface area (Å²) in [7, 11) is -3.88. The molecule has 0 saturated heterocycles. The van der Waals surface area contributed by atoms with Gasteiger partial charge in [-0.05, 0) is 31.2 Å². The Morgan fingerprint density at radius 3 is 2.68 bits per heavy atom. The molecule has 25 heavy (non-hydrogen) atoms. The van der Waals surface area contributed by atoms with Gasteiger partial charge in [-0.15, -0.1) is 0 Å². The van der Waals surface area contributed by atoms with Crippen molar-refractivity contribution in [1.29, 1.82) is 0 Å². The van der Waals surface area contributed by atoms with Gasteiger partial charge in [-0.3, -0.25) is 4.79 Å². The maximum Gasteiger partial charge on any atom is 0.241 e. The van der Waals surface area contributed by atoms with Crippen LogP contribution in [0.1, 0.15) is 12.7 Å². The molecule has 0 saturated carbocycles. The van der Waals surface area contributed by atoms with E-state index in [1.807, 2.05) is 0 Å². The lowest BCUT2D eigenvalue weighted by Gasteiger charge is -2.19. The summed E-state index contributed by atoms with van der Waals surface area (Å²) in [6, 6.07) is 6.78. The number of sulfonamides is 1. The third-order valence-electron chi connectivity index (χ3n) is 3.57. The highest BCUT2D eigenvalue weighted by Crippen LogP contribution is 2.32. The van der Waals surface area contributed by atoms with Crippen molar-refractivity contribution in [2.24, 2.45) is 0 Å². The van der Waals surface area contributed by atoms with E-state index in [2.05, 4.69) is 10.0 Å². The Morgan fingerprint density at radius 1 is 1.20 bits per heavy atom. The molecule has 1 atom stereocenters. The smallest absolute Gasteiger partial charge is 0.241 e. The van der Waals surface area contributed by atoms with Crippen LogP contribution in [0.5, 0.6) is 11.5 Å². The zero-order chi connectivity index (χ0) is 17.9. The van der Waals surface area contributed by atoms with E-state index < -0.39 is 22.0 Å². The minimum Gasteiger partial charge on any atom is -0.486 e. The molecule has 0 aliphatic carbocycles. The lowest BCUT2D eigenvalue weighted by molar-refractivity contribution is -0.122. The Balaban J connectivity index is 1.65. The summed E-state index contributed by atoms with van der Waals surface area (Å²) in [5.74, 6) is 0.978. The van der Waals surface area contributed by atoms with Crippen LogP contribution in [0.2, 0.25) is 0 Å². The van der Waals surface area contributed by atoms with E-state index in [9.17, 15) is 13.2 Å². The molecule has 1 aliphatic heterocycles. The van der Waals surface area contributed by atoms with Gasteiger partial charge in [0.2, 0.25) is 15.9 Å². The van der Waals surface area contributed by atoms with Gasteiger partial charge >= 0.3 is 0 Å². The summed E-state index contributed by atoms with van der Waals surface area (Å²) in [6.07, 6.45) is 1.50. The quantitative estimate of drug-likeness (QED) is 0.791. The average Bonchev–Trinajstić information content (AvgIpc) is 3.12. The summed E-state index contributed by atoms with van der Waals surface area (Å²) < 4.78 is 43.1. The molecule has 0 radical (unpaired) electrons. The van der Waals surface area contributed by atoms with Gasteiger partial charge in [0, 0.05) is 6.07 Å². The number of hydrogen-bond donors (Lipinski definition) is 2. The van der Waals surface area contributed by atoms with Crippen molar-refractivity contribution >= 4 is 15.9 Å². The Bertz CT molecular complexity index is 848. The summed E-state index contributed by atoms with van der Waals surface area (Å²) in [5.41, 5.74) is 0. The first kappa shape index (κ1) is 17.3. The van der Waals surface area contributed by atoms with Gasteiger partial charge in [-0.2, -0.15) is 4.72 Å². The van der Waals surface area contributed by atoms with Gasteiger partial charge in [0.05, 0.1) is 23.7 Å². The molecule has 9 heteroatoms. The van der Waals surface area contributed by atoms with E-state index in [-0.39, 0.29) is 11.4 Å². The highest BCUT2D eigenvalue weighted by atomic mass is 32.2. The van der Waals surface area contributed by atoms with Crippen LogP contribution in [0.3, 0.4) is 0 Å². The van der Waals surface area contributed by atoms with Crippen LogP contribution in [-0.4, -0.2) is 33.6 Å². The maximum atomic E-state index is 12.5. The first-order valence-corrected chi connectivity index (χ1v) is 9.16. The zero-order valence-corrected chi connectivity index (χ0v) is 14.3. The van der Waals surface area contributed by atoms with E-state index in [1.54, 1.807) is 12.1 Å². The van der Waals surface area contributed by atoms with Crippen molar-refractivity contribution in [2.75, 3.05) is 13.2 Å². The van der Waals surface area contributed by atoms with Gasteiger partial charge in [-0.25, -0.2) is 8.42 Å². The predicted octanol–water partition coefficient (Wildman–Crippen LogP) is 1.03. The molecule has 1 aromatic heterocycles. The molecule has 3 rings (SSSR count). The van der Waals surface area contributed by atoms with Gasteiger partial charge in [0.15, 0.2) is 11.5 Å². The Kier molecular flexibility index (Phi) is 4.95. The van der Waals surface area contributed by atoms with E-state index in [0.29, 0.717) is 30.5 Å². The SMILES string of the molecule is C[C@@H](NS(=O)(=O)c1ccc2c(c1)OCCO2)C(=O)NCc1ccco1. The minimum absolute atomic E-state index is 0.00225. The van der Waals surface area contributed by atoms with Gasteiger partial charge < -0.3 is 19.2 Å². The zero-order valence-electron chi connectivity index (χ0n) is 13.5. The van der Waals surface area contributed by atoms with Crippen LogP contribution in [0.25, 0.3) is 0 Å². The van der Waals surface area contributed by atoms with Crippen LogP contribution in [0, 0.1) is 0 Å². The molecule has 1 amide bonds. The van der Waals surface area contributed by atoms with Crippen molar-refractivity contribution in [3.05, 3.63) is 42.4 Å². The summed E-state index contributed by atoms with van der Waals surface area (Å²) >= 11 is 0. The van der Waals surface area contributed by atoms with E-state index in [0.717, 1.165) is 0 Å². The summed E-state index contributed by atoms with van der Waals surface area (Å²) in [6.45, 7) is 2.43. The van der Waals surface area contributed by atoms with Gasteiger partial charge in [-0.1, -0.05) is 0 Å². The van der Waals surface area contributed by atoms with Crippen LogP contribution in [0.15, 0.2) is 45.9 Å². The Labute approximate surface area is 145 Å². The fourth-order valence-corrected chi connectivity index (χ4v) is 3.50. The molecule has 0 fully saturated rings. The largest absolute Gasteiger partial charge is 0.486 e. The molecule has 2 N–H and O–H groups in total. The third-order valence-corrected chi connectivity index (χ3v) is 5.10. The molecule has 0 bridgehead atoms. The van der Waals surface area contributed by atoms with Crippen molar-refractivity contribution in [1.82, 2.24) is 10.0 Å². The van der Waals surface area contributed by atoms with Crippen molar-refractivity contribution in [3.63, 3.8) is 0 Å². The maximum absolute atomic E-state index is 12.5. The number of benzene rings is 1. The topological polar surface area (TPSA) is 107 Å². The third kappa shape index (κ3) is 4.12. The molecule has 0 spiro atoms. The van der Waals surface area contributed by atoms with Gasteiger partial charge in [0.25, 0.3) is 0 Å². The molecule has 8 nitrogen and oxygen atoms in total. The minimum atomic E-state index is -3.88. The number of carbonyl (C=O) groups excluding carboxylic acids is 1. The number of rotatable bonds is 6. The second kappa shape index (κ2) is 7.16. The molecular weight excluding hydrogens is 348 g/mol. The van der Waals surface area contributed by atoms with Crippen molar-refractivity contribution in [2.45, 2.75) is 24.4 Å². The fraction of sp³-hybridized carbons (Fsp3) is 0.312. The number of carbonyl (C=O) groups is 1. The first-order chi connectivity index (χ1) is 12.0. The molecule has 2 aromatic rings. The number of hydrogen-bond acceptors (Lipinski definition) is 6. The monoisotopic (exact) mass is 366 g/mol. The standard InChI is InChI=1S/C16H18N2O6S/c1-11(16(19)17-10-12-3-2-6-22-12)18-25(20,21)13-4-5-14-15(9-13)24-8-7-23-14/h2-6,9,11,18H,7-8,10H2,1H3,(H,17,19)/t11-/m1/s1. The normalized spacial score (nSPS) is 14.8. The first-order valence-electron chi connectivity index (χ1n) is 7.68. The molecule has 134 valence electrons. The van der Waals surface area contributed by atoms with Crippen LogP contribution >= 0.6 is 0 Å². The molecule has 0 unspecified atom stereocenters. The Hall–Kier alpha value is -2.52. The van der Waals surface area contributed by atoms with E-state index >= 15 is 0 Å². The number of ether oxygens (including phenoxy) is 2. The van der Waals surface area contributed by atoms with E-state index in [1.165, 1.54) is 31.4 Å². The lowest BCUT2D eigenvalue weighted by atomic mass is 10.3. The van der Waals surface area contributed by atoms with Crippen LogP contribution in [-0.2, 0) is 21.4 Å². The fourth-order valence-electron chi connectivity index (χ4n) is 2.29. The van der Waals surface area contributed by atoms with Crippen molar-refractivity contribution < 1.29 is 27.1 Å². The highest BCUT2D eigenvalue weighted by molar-refractivity contribution is 7.89. The number of furan rings is 1. The number of fused-ring (bicyclic) bond motifs is 1. The Morgan fingerprint density at radius 2 is 1.96 bits per heavy atom. The second-order valence-corrected chi connectivity index (χ2v) is 7.16. The number of amides is 1. The average molecular weight is 366 g/mol. The summed E-state index contributed by atoms with van der Waals surface area (Å²) in [4.78, 5) is 12.1. The second-order valence-electron chi connectivity index (χ2n) is 5.45. The molecule has 1 aliphatic rings. The number of nitrogens with one attached hydrogen (secondary N) is 2. The molecular formula is C16H18N2O6S. The highest BCUT2D eigenvalue weighted by Gasteiger charge is 2.24. The lowest BCUT2D eigenvalue weighted by Crippen LogP contribution is -2.44. The van der Waals surface area contributed by atoms with Crippen molar-refractivity contribution in [3.8, 4) is 11.5 Å². The summed E-state index contributed by atoms with van der Waals surface area (Å²) in [5, 5.41) is 2.60. The predicted molar refractivity (Wildman–Crippen MR) is 87.8 cm³/mol. The van der Waals surface area contributed by atoms with Crippen LogP contribution < -0.4 is 19.5 Å².